The maximum Gasteiger partial charge on any atom is 0.267 e. The van der Waals surface area contributed by atoms with Gasteiger partial charge in [0.25, 0.3) is 5.91 Å². The molecule has 29 heavy (non-hydrogen) atoms. The molecule has 0 aliphatic heterocycles. The molecule has 0 aliphatic carbocycles. The number of aryl methyl sites for hydroxylation is 1. The average molecular weight is 459 g/mol. The molecule has 2 heterocycles. The van der Waals surface area contributed by atoms with E-state index in [1.807, 2.05) is 24.3 Å². The maximum atomic E-state index is 13.1. The fraction of sp³-hybridized carbons (Fsp3) is 0.150. The number of halogens is 1. The van der Waals surface area contributed by atoms with Crippen LogP contribution in [0.4, 0.5) is 0 Å². The zero-order valence-corrected chi connectivity index (χ0v) is 17.2. The standard InChI is InChI=1S/C20H19BrN4O4/c1-12-17(18(25-29-12)13-2-4-15(21)5-3-13)19(26)14-10-16(24-11-14)20(27)23-7-9-28-8-6-22/h2-6,8,10-11,24H,7,9,22H2,1H3,(H,23,27)/b8-6-. The molecule has 9 heteroatoms. The highest BCUT2D eigenvalue weighted by Gasteiger charge is 2.24. The van der Waals surface area contributed by atoms with Gasteiger partial charge in [-0.1, -0.05) is 33.2 Å². The van der Waals surface area contributed by atoms with Gasteiger partial charge in [0.05, 0.1) is 18.4 Å². The second-order valence-corrected chi connectivity index (χ2v) is 6.97. The Hall–Kier alpha value is -3.33. The number of aromatic nitrogens is 2. The molecule has 0 radical (unpaired) electrons. The van der Waals surface area contributed by atoms with Crippen LogP contribution in [-0.4, -0.2) is 35.0 Å². The van der Waals surface area contributed by atoms with Crippen molar-refractivity contribution in [3.8, 4) is 11.3 Å². The lowest BCUT2D eigenvalue weighted by Gasteiger charge is -2.03. The summed E-state index contributed by atoms with van der Waals surface area (Å²) in [6, 6.07) is 8.90. The molecular formula is C20H19BrN4O4. The van der Waals surface area contributed by atoms with Crippen molar-refractivity contribution < 1.29 is 18.8 Å². The minimum absolute atomic E-state index is 0.266. The number of ketones is 1. The fourth-order valence-corrected chi connectivity index (χ4v) is 2.95. The lowest BCUT2D eigenvalue weighted by molar-refractivity contribution is 0.0938. The van der Waals surface area contributed by atoms with E-state index in [1.165, 1.54) is 24.7 Å². The zero-order valence-electron chi connectivity index (χ0n) is 15.6. The van der Waals surface area contributed by atoms with E-state index in [0.29, 0.717) is 29.1 Å². The van der Waals surface area contributed by atoms with Crippen molar-refractivity contribution in [3.05, 3.63) is 76.0 Å². The summed E-state index contributed by atoms with van der Waals surface area (Å²) >= 11 is 3.38. The van der Waals surface area contributed by atoms with Crippen molar-refractivity contribution in [1.82, 2.24) is 15.5 Å². The molecule has 0 spiro atoms. The van der Waals surface area contributed by atoms with Gasteiger partial charge in [-0.25, -0.2) is 0 Å². The predicted molar refractivity (Wildman–Crippen MR) is 110 cm³/mol. The van der Waals surface area contributed by atoms with Crippen LogP contribution in [0.3, 0.4) is 0 Å². The number of aromatic amines is 1. The van der Waals surface area contributed by atoms with E-state index in [9.17, 15) is 9.59 Å². The zero-order chi connectivity index (χ0) is 20.8. The van der Waals surface area contributed by atoms with Crippen molar-refractivity contribution in [2.45, 2.75) is 6.92 Å². The van der Waals surface area contributed by atoms with Crippen molar-refractivity contribution in [3.63, 3.8) is 0 Å². The number of carbonyl (C=O) groups excluding carboxylic acids is 2. The number of hydrogen-bond acceptors (Lipinski definition) is 6. The maximum absolute atomic E-state index is 13.1. The number of nitrogens with one attached hydrogen (secondary N) is 2. The van der Waals surface area contributed by atoms with Crippen molar-refractivity contribution in [2.24, 2.45) is 5.73 Å². The minimum atomic E-state index is -0.348. The highest BCUT2D eigenvalue weighted by atomic mass is 79.9. The summed E-state index contributed by atoms with van der Waals surface area (Å²) in [7, 11) is 0. The molecule has 0 aliphatic rings. The van der Waals surface area contributed by atoms with E-state index in [1.54, 1.807) is 6.92 Å². The number of nitrogens with two attached hydrogens (primary N) is 1. The summed E-state index contributed by atoms with van der Waals surface area (Å²) in [5, 5.41) is 6.72. The van der Waals surface area contributed by atoms with Crippen LogP contribution in [-0.2, 0) is 4.74 Å². The normalized spacial score (nSPS) is 11.0. The third-order valence-corrected chi connectivity index (χ3v) is 4.61. The third-order valence-electron chi connectivity index (χ3n) is 4.08. The average Bonchev–Trinajstić information content (AvgIpc) is 3.35. The summed E-state index contributed by atoms with van der Waals surface area (Å²) in [5.41, 5.74) is 7.33. The van der Waals surface area contributed by atoms with Gasteiger partial charge < -0.3 is 25.3 Å². The van der Waals surface area contributed by atoms with Gasteiger partial charge in [-0.2, -0.15) is 0 Å². The first-order valence-corrected chi connectivity index (χ1v) is 9.52. The predicted octanol–water partition coefficient (Wildman–Crippen LogP) is 3.15. The number of hydrogen-bond donors (Lipinski definition) is 3. The molecule has 1 amide bonds. The number of amides is 1. The molecule has 4 N–H and O–H groups in total. The molecule has 3 aromatic rings. The fourth-order valence-electron chi connectivity index (χ4n) is 2.69. The van der Waals surface area contributed by atoms with Crippen LogP contribution < -0.4 is 11.1 Å². The van der Waals surface area contributed by atoms with Crippen LogP contribution in [0.1, 0.15) is 32.2 Å². The van der Waals surface area contributed by atoms with E-state index in [-0.39, 0.29) is 24.0 Å². The summed E-state index contributed by atoms with van der Waals surface area (Å²) in [6.07, 6.45) is 4.09. The van der Waals surface area contributed by atoms with Gasteiger partial charge in [0.15, 0.2) is 5.78 Å². The van der Waals surface area contributed by atoms with Gasteiger partial charge >= 0.3 is 0 Å². The summed E-state index contributed by atoms with van der Waals surface area (Å²) in [6.45, 7) is 2.25. The molecule has 1 aromatic carbocycles. The van der Waals surface area contributed by atoms with E-state index in [2.05, 4.69) is 31.4 Å². The Labute approximate surface area is 175 Å². The second kappa shape index (κ2) is 9.24. The first-order valence-electron chi connectivity index (χ1n) is 8.73. The molecule has 8 nitrogen and oxygen atoms in total. The number of ether oxygens (including phenoxy) is 1. The van der Waals surface area contributed by atoms with E-state index in [0.717, 1.165) is 10.0 Å². The van der Waals surface area contributed by atoms with Gasteiger partial charge in [-0.05, 0) is 25.1 Å². The molecule has 0 fully saturated rings. The Morgan fingerprint density at radius 3 is 2.83 bits per heavy atom. The Kier molecular flexibility index (Phi) is 6.50. The summed E-state index contributed by atoms with van der Waals surface area (Å²) in [5.74, 6) is -0.224. The molecule has 0 saturated carbocycles. The quantitative estimate of drug-likeness (QED) is 0.270. The van der Waals surface area contributed by atoms with Crippen LogP contribution in [0.25, 0.3) is 11.3 Å². The molecule has 0 bridgehead atoms. The van der Waals surface area contributed by atoms with Gasteiger partial charge in [0.2, 0.25) is 0 Å². The number of nitrogens with zero attached hydrogens (tertiary/aromatic N) is 1. The number of rotatable bonds is 8. The topological polar surface area (TPSA) is 123 Å². The highest BCUT2D eigenvalue weighted by molar-refractivity contribution is 9.10. The minimum Gasteiger partial charge on any atom is -0.498 e. The van der Waals surface area contributed by atoms with Crippen LogP contribution in [0, 0.1) is 6.92 Å². The van der Waals surface area contributed by atoms with Crippen LogP contribution in [0.15, 0.2) is 58.0 Å². The lowest BCUT2D eigenvalue weighted by Crippen LogP contribution is -2.27. The number of carbonyl (C=O) groups is 2. The molecule has 3 rings (SSSR count). The smallest absolute Gasteiger partial charge is 0.267 e. The molecule has 150 valence electrons. The van der Waals surface area contributed by atoms with Gasteiger partial charge in [0, 0.05) is 28.0 Å². The molecular weight excluding hydrogens is 440 g/mol. The SMILES string of the molecule is Cc1onc(-c2ccc(Br)cc2)c1C(=O)c1c[nH]c(C(=O)NCCO/C=C\N)c1. The first kappa shape index (κ1) is 20.4. The van der Waals surface area contributed by atoms with Gasteiger partial charge in [0.1, 0.15) is 23.8 Å². The molecule has 0 unspecified atom stereocenters. The monoisotopic (exact) mass is 458 g/mol. The first-order chi connectivity index (χ1) is 14.0. The van der Waals surface area contributed by atoms with Crippen LogP contribution in [0.5, 0.6) is 0 Å². The molecule has 0 atom stereocenters. The van der Waals surface area contributed by atoms with Crippen molar-refractivity contribution in [2.75, 3.05) is 13.2 Å². The van der Waals surface area contributed by atoms with Gasteiger partial charge in [-0.15, -0.1) is 0 Å². The van der Waals surface area contributed by atoms with Crippen LogP contribution >= 0.6 is 15.9 Å². The van der Waals surface area contributed by atoms with E-state index >= 15 is 0 Å². The second-order valence-electron chi connectivity index (χ2n) is 6.06. The number of benzene rings is 1. The van der Waals surface area contributed by atoms with E-state index in [4.69, 9.17) is 15.0 Å². The number of H-pyrrole nitrogens is 1. The van der Waals surface area contributed by atoms with E-state index < -0.39 is 0 Å². The summed E-state index contributed by atoms with van der Waals surface area (Å²) < 4.78 is 11.2. The van der Waals surface area contributed by atoms with Crippen molar-refractivity contribution in [1.29, 1.82) is 0 Å². The Bertz CT molecular complexity index is 1040. The Morgan fingerprint density at radius 1 is 1.34 bits per heavy atom. The highest BCUT2D eigenvalue weighted by Crippen LogP contribution is 2.28. The third kappa shape index (κ3) is 4.75. The largest absolute Gasteiger partial charge is 0.498 e. The molecule has 0 saturated heterocycles. The Morgan fingerprint density at radius 2 is 2.10 bits per heavy atom. The summed E-state index contributed by atoms with van der Waals surface area (Å²) in [4.78, 5) is 28.1. The van der Waals surface area contributed by atoms with Crippen LogP contribution in [0.2, 0.25) is 0 Å². The lowest BCUT2D eigenvalue weighted by atomic mass is 9.99. The van der Waals surface area contributed by atoms with Crippen molar-refractivity contribution >= 4 is 27.6 Å². The Balaban J connectivity index is 1.76. The van der Waals surface area contributed by atoms with Gasteiger partial charge in [-0.3, -0.25) is 9.59 Å². The molecule has 2 aromatic heterocycles.